The van der Waals surface area contributed by atoms with Gasteiger partial charge in [0.15, 0.2) is 23.5 Å². The first-order valence-electron chi connectivity index (χ1n) is 6.99. The third-order valence-electron chi connectivity index (χ3n) is 3.17. The van der Waals surface area contributed by atoms with E-state index >= 15 is 0 Å². The monoisotopic (exact) mass is 344 g/mol. The first-order chi connectivity index (χ1) is 10.6. The van der Waals surface area contributed by atoms with E-state index in [1.165, 1.54) is 33.4 Å². The van der Waals surface area contributed by atoms with Crippen molar-refractivity contribution in [2.75, 3.05) is 11.5 Å². The van der Waals surface area contributed by atoms with Gasteiger partial charge in [-0.2, -0.15) is 0 Å². The molecule has 0 fully saturated rings. The molecule has 0 aliphatic heterocycles. The Hall–Kier alpha value is -1.54. The minimum Gasteiger partial charge on any atom is -0.494 e. The molecule has 2 aromatic rings. The second-order valence-corrected chi connectivity index (χ2v) is 7.46. The van der Waals surface area contributed by atoms with E-state index in [4.69, 9.17) is 0 Å². The molecule has 2 rings (SSSR count). The highest BCUT2D eigenvalue weighted by molar-refractivity contribution is 8.76. The normalized spacial score (nSPS) is 11.1. The van der Waals surface area contributed by atoms with Crippen LogP contribution in [0.1, 0.15) is 12.8 Å². The van der Waals surface area contributed by atoms with Crippen molar-refractivity contribution in [2.24, 2.45) is 0 Å². The first kappa shape index (κ1) is 16.8. The Morgan fingerprint density at radius 1 is 0.636 bits per heavy atom. The van der Waals surface area contributed by atoms with Crippen LogP contribution in [-0.4, -0.2) is 41.1 Å². The Balaban J connectivity index is 1.53. The summed E-state index contributed by atoms with van der Waals surface area (Å²) >= 11 is 0. The average molecular weight is 344 g/mol. The molecule has 22 heavy (non-hydrogen) atoms. The highest BCUT2D eigenvalue weighted by atomic mass is 33.1. The number of hydrogen-bond donors (Lipinski definition) is 4. The average Bonchev–Trinajstić information content (AvgIpc) is 2.98. The second kappa shape index (κ2) is 8.19. The van der Waals surface area contributed by atoms with Gasteiger partial charge in [0.2, 0.25) is 0 Å². The van der Waals surface area contributed by atoms with Crippen molar-refractivity contribution in [1.29, 1.82) is 0 Å². The quantitative estimate of drug-likeness (QED) is 0.413. The summed E-state index contributed by atoms with van der Waals surface area (Å²) in [5.74, 6) is 2.18. The summed E-state index contributed by atoms with van der Waals surface area (Å²) in [5, 5.41) is 37.9. The van der Waals surface area contributed by atoms with E-state index in [9.17, 15) is 20.4 Å². The van der Waals surface area contributed by atoms with Crippen LogP contribution in [0.15, 0.2) is 24.3 Å². The lowest BCUT2D eigenvalue weighted by Gasteiger charge is -2.07. The van der Waals surface area contributed by atoms with Crippen LogP contribution in [0.5, 0.6) is 23.5 Å². The van der Waals surface area contributed by atoms with Crippen LogP contribution in [0.2, 0.25) is 0 Å². The van der Waals surface area contributed by atoms with Gasteiger partial charge in [0.1, 0.15) is 0 Å². The van der Waals surface area contributed by atoms with Crippen molar-refractivity contribution in [3.63, 3.8) is 0 Å². The Morgan fingerprint density at radius 3 is 1.27 bits per heavy atom. The number of rotatable bonds is 9. The van der Waals surface area contributed by atoms with E-state index in [0.717, 1.165) is 24.3 Å². The van der Waals surface area contributed by atoms with Gasteiger partial charge in [-0.3, -0.25) is 9.13 Å². The lowest BCUT2D eigenvalue weighted by atomic mass is 10.5. The van der Waals surface area contributed by atoms with Crippen LogP contribution >= 0.6 is 21.6 Å². The van der Waals surface area contributed by atoms with E-state index in [-0.39, 0.29) is 23.5 Å². The fraction of sp³-hybridized carbons (Fsp3) is 0.429. The Kier molecular flexibility index (Phi) is 6.26. The number of aromatic hydroxyl groups is 4. The van der Waals surface area contributed by atoms with Crippen molar-refractivity contribution in [3.05, 3.63) is 24.3 Å². The zero-order valence-electron chi connectivity index (χ0n) is 12.1. The van der Waals surface area contributed by atoms with Crippen LogP contribution in [0.4, 0.5) is 0 Å². The topological polar surface area (TPSA) is 90.8 Å². The largest absolute Gasteiger partial charge is 0.494 e. The minimum absolute atomic E-state index is 0.0847. The molecular weight excluding hydrogens is 324 g/mol. The highest BCUT2D eigenvalue weighted by Crippen LogP contribution is 2.27. The van der Waals surface area contributed by atoms with E-state index in [1.54, 1.807) is 21.6 Å². The maximum Gasteiger partial charge on any atom is 0.193 e. The number of aromatic nitrogens is 2. The molecule has 4 N–H and O–H groups in total. The lowest BCUT2D eigenvalue weighted by Crippen LogP contribution is -1.98. The van der Waals surface area contributed by atoms with Gasteiger partial charge in [0.05, 0.1) is 0 Å². The van der Waals surface area contributed by atoms with Crippen LogP contribution in [0, 0.1) is 0 Å². The molecule has 2 heterocycles. The second-order valence-electron chi connectivity index (χ2n) is 4.75. The molecule has 0 amide bonds. The van der Waals surface area contributed by atoms with Crippen LogP contribution in [-0.2, 0) is 13.1 Å². The molecule has 0 bridgehead atoms. The Bertz CT molecular complexity index is 506. The molecule has 6 nitrogen and oxygen atoms in total. The molecule has 122 valence electrons. The van der Waals surface area contributed by atoms with Crippen LogP contribution < -0.4 is 0 Å². The zero-order chi connectivity index (χ0) is 15.9. The summed E-state index contributed by atoms with van der Waals surface area (Å²) in [6.07, 6.45) is 1.71. The molecule has 0 aliphatic rings. The summed E-state index contributed by atoms with van der Waals surface area (Å²) in [4.78, 5) is 0. The summed E-state index contributed by atoms with van der Waals surface area (Å²) in [6, 6.07) is 5.90. The van der Waals surface area contributed by atoms with Gasteiger partial charge in [-0.15, -0.1) is 0 Å². The summed E-state index contributed by atoms with van der Waals surface area (Å²) < 4.78 is 2.95. The Labute approximate surface area is 136 Å². The van der Waals surface area contributed by atoms with E-state index in [1.807, 2.05) is 0 Å². The standard InChI is InChI=1S/C14H20N2O4S2/c17-11-3-4-12(18)15(11)7-1-9-21-22-10-2-8-16-13(19)5-6-14(16)20/h3-6,17-20H,1-2,7-10H2. The first-order valence-corrected chi connectivity index (χ1v) is 9.47. The Morgan fingerprint density at radius 2 is 0.955 bits per heavy atom. The molecule has 0 saturated heterocycles. The van der Waals surface area contributed by atoms with Crippen molar-refractivity contribution in [1.82, 2.24) is 9.13 Å². The fourth-order valence-electron chi connectivity index (χ4n) is 2.03. The van der Waals surface area contributed by atoms with Crippen molar-refractivity contribution >= 4 is 21.6 Å². The smallest absolute Gasteiger partial charge is 0.193 e. The third kappa shape index (κ3) is 4.48. The van der Waals surface area contributed by atoms with Gasteiger partial charge in [-0.05, 0) is 12.8 Å². The summed E-state index contributed by atoms with van der Waals surface area (Å²) in [5.41, 5.74) is 0. The molecule has 0 aliphatic carbocycles. The number of nitrogens with zero attached hydrogens (tertiary/aromatic N) is 2. The van der Waals surface area contributed by atoms with Gasteiger partial charge >= 0.3 is 0 Å². The van der Waals surface area contributed by atoms with Crippen molar-refractivity contribution in [3.8, 4) is 23.5 Å². The van der Waals surface area contributed by atoms with Gasteiger partial charge < -0.3 is 20.4 Å². The van der Waals surface area contributed by atoms with E-state index < -0.39 is 0 Å². The molecule has 0 unspecified atom stereocenters. The van der Waals surface area contributed by atoms with Gasteiger partial charge in [-0.25, -0.2) is 0 Å². The molecule has 0 atom stereocenters. The summed E-state index contributed by atoms with van der Waals surface area (Å²) in [7, 11) is 3.48. The lowest BCUT2D eigenvalue weighted by molar-refractivity contribution is 0.366. The van der Waals surface area contributed by atoms with Gasteiger partial charge in [0.25, 0.3) is 0 Å². The molecule has 0 aromatic carbocycles. The number of hydrogen-bond acceptors (Lipinski definition) is 6. The highest BCUT2D eigenvalue weighted by Gasteiger charge is 2.06. The van der Waals surface area contributed by atoms with Crippen molar-refractivity contribution < 1.29 is 20.4 Å². The van der Waals surface area contributed by atoms with Crippen LogP contribution in [0.25, 0.3) is 0 Å². The summed E-state index contributed by atoms with van der Waals surface area (Å²) in [6.45, 7) is 1.17. The molecular formula is C14H20N2O4S2. The maximum absolute atomic E-state index is 9.49. The SMILES string of the molecule is Oc1ccc(O)n1CCCSSCCCn1c(O)ccc1O. The molecule has 8 heteroatoms. The van der Waals surface area contributed by atoms with Crippen molar-refractivity contribution in [2.45, 2.75) is 25.9 Å². The van der Waals surface area contributed by atoms with E-state index in [2.05, 4.69) is 0 Å². The minimum atomic E-state index is 0.0847. The predicted octanol–water partition coefficient (Wildman–Crippen LogP) is 2.97. The molecule has 2 aromatic heterocycles. The molecule has 0 radical (unpaired) electrons. The third-order valence-corrected chi connectivity index (χ3v) is 5.75. The van der Waals surface area contributed by atoms with Crippen LogP contribution in [0.3, 0.4) is 0 Å². The fourth-order valence-corrected chi connectivity index (χ4v) is 4.18. The predicted molar refractivity (Wildman–Crippen MR) is 89.7 cm³/mol. The molecule has 0 saturated carbocycles. The maximum atomic E-state index is 9.49. The molecule has 0 spiro atoms. The van der Waals surface area contributed by atoms with Gasteiger partial charge in [0, 0.05) is 48.9 Å². The van der Waals surface area contributed by atoms with E-state index in [0.29, 0.717) is 13.1 Å². The van der Waals surface area contributed by atoms with Gasteiger partial charge in [-0.1, -0.05) is 21.6 Å². The zero-order valence-corrected chi connectivity index (χ0v) is 13.7.